The molecule has 11 heteroatoms. The normalized spacial score (nSPS) is 20.8. The fourth-order valence-electron chi connectivity index (χ4n) is 4.95. The zero-order chi connectivity index (χ0) is 27.5. The number of carbonyl (C=O) groups is 3. The van der Waals surface area contributed by atoms with Crippen molar-refractivity contribution in [2.24, 2.45) is 0 Å². The molecule has 1 aliphatic carbocycles. The Balaban J connectivity index is 1.30. The van der Waals surface area contributed by atoms with E-state index < -0.39 is 47.8 Å². The smallest absolute Gasteiger partial charge is 0.411 e. The monoisotopic (exact) mass is 593 g/mol. The summed E-state index contributed by atoms with van der Waals surface area (Å²) in [6.45, 7) is 4.99. The summed E-state index contributed by atoms with van der Waals surface area (Å²) in [7, 11) is 0. The Morgan fingerprint density at radius 2 is 1.68 bits per heavy atom. The number of ether oxygens (including phenoxy) is 4. The van der Waals surface area contributed by atoms with E-state index in [9.17, 15) is 14.4 Å². The third-order valence-corrected chi connectivity index (χ3v) is 7.13. The van der Waals surface area contributed by atoms with E-state index in [1.54, 1.807) is 32.9 Å². The van der Waals surface area contributed by atoms with Crippen LogP contribution in [-0.2, 0) is 29.7 Å². The maximum atomic E-state index is 15.2. The molecular weight excluding hydrogens is 568 g/mol. The lowest BCUT2D eigenvalue weighted by molar-refractivity contribution is -0.153. The van der Waals surface area contributed by atoms with Crippen molar-refractivity contribution in [1.82, 2.24) is 4.90 Å². The fourth-order valence-corrected chi connectivity index (χ4v) is 5.31. The zero-order valence-corrected chi connectivity index (χ0v) is 22.6. The largest absolute Gasteiger partial charge is 0.456 e. The molecule has 2 saturated heterocycles. The molecule has 1 unspecified atom stereocenters. The van der Waals surface area contributed by atoms with Crippen molar-refractivity contribution >= 4 is 33.8 Å². The Hall–Kier alpha value is -2.89. The summed E-state index contributed by atoms with van der Waals surface area (Å²) in [4.78, 5) is 39.9. The Bertz CT molecular complexity index is 1320. The number of halogens is 3. The second kappa shape index (κ2) is 9.39. The molecular formula is C27H26BrF2NO7. The van der Waals surface area contributed by atoms with Gasteiger partial charge in [-0.15, -0.1) is 0 Å². The summed E-state index contributed by atoms with van der Waals surface area (Å²) in [5, 5.41) is 0. The van der Waals surface area contributed by atoms with E-state index in [2.05, 4.69) is 15.9 Å². The molecule has 0 bridgehead atoms. The minimum atomic E-state index is -3.28. The summed E-state index contributed by atoms with van der Waals surface area (Å²) in [6, 6.07) is 7.58. The number of esters is 1. The van der Waals surface area contributed by atoms with Gasteiger partial charge < -0.3 is 18.9 Å². The third-order valence-electron chi connectivity index (χ3n) is 6.64. The lowest BCUT2D eigenvalue weighted by Gasteiger charge is -2.27. The van der Waals surface area contributed by atoms with E-state index in [-0.39, 0.29) is 29.7 Å². The SMILES string of the molecule is CC(C)(C)OC(=O)N1CC2(CC1C(=O)OCC(=O)c1ccc3c(c1)C(F)(F)c1cc(Br)ccc1-3)OCCO2. The average Bonchev–Trinajstić information content (AvgIpc) is 3.52. The van der Waals surface area contributed by atoms with Crippen molar-refractivity contribution in [1.29, 1.82) is 0 Å². The van der Waals surface area contributed by atoms with Crippen molar-refractivity contribution in [2.45, 2.75) is 50.5 Å². The van der Waals surface area contributed by atoms with Gasteiger partial charge in [0.1, 0.15) is 11.6 Å². The molecule has 38 heavy (non-hydrogen) atoms. The van der Waals surface area contributed by atoms with Gasteiger partial charge in [0.25, 0.3) is 5.92 Å². The van der Waals surface area contributed by atoms with E-state index in [1.165, 1.54) is 23.1 Å². The van der Waals surface area contributed by atoms with Crippen LogP contribution >= 0.6 is 15.9 Å². The van der Waals surface area contributed by atoms with Crippen LogP contribution in [0.4, 0.5) is 13.6 Å². The number of fused-ring (bicyclic) bond motifs is 3. The lowest BCUT2D eigenvalue weighted by Crippen LogP contribution is -2.45. The molecule has 2 fully saturated rings. The first-order chi connectivity index (χ1) is 17.8. The van der Waals surface area contributed by atoms with Gasteiger partial charge in [-0.05, 0) is 50.1 Å². The number of amides is 1. The number of rotatable bonds is 4. The van der Waals surface area contributed by atoms with Crippen molar-refractivity contribution < 1.29 is 42.1 Å². The van der Waals surface area contributed by atoms with Crippen molar-refractivity contribution in [2.75, 3.05) is 26.4 Å². The van der Waals surface area contributed by atoms with Crippen LogP contribution in [-0.4, -0.2) is 66.5 Å². The van der Waals surface area contributed by atoms with Crippen molar-refractivity contribution in [3.8, 4) is 11.1 Å². The number of alkyl halides is 2. The Morgan fingerprint density at radius 1 is 1.05 bits per heavy atom. The summed E-state index contributed by atoms with van der Waals surface area (Å²) in [6.07, 6.45) is -0.730. The maximum absolute atomic E-state index is 15.2. The molecule has 2 aliphatic heterocycles. The molecule has 0 radical (unpaired) electrons. The number of ketones is 1. The maximum Gasteiger partial charge on any atom is 0.411 e. The van der Waals surface area contributed by atoms with Crippen LogP contribution in [0.5, 0.6) is 0 Å². The number of nitrogens with zero attached hydrogens (tertiary/aromatic N) is 1. The first kappa shape index (κ1) is 26.7. The van der Waals surface area contributed by atoms with Gasteiger partial charge >= 0.3 is 12.1 Å². The topological polar surface area (TPSA) is 91.4 Å². The summed E-state index contributed by atoms with van der Waals surface area (Å²) in [5.74, 6) is -5.93. The van der Waals surface area contributed by atoms with Crippen molar-refractivity contribution in [3.63, 3.8) is 0 Å². The number of Topliss-reactive ketones (excluding diaryl/α,β-unsaturated/α-hetero) is 1. The molecule has 5 rings (SSSR count). The number of carbonyl (C=O) groups excluding carboxylic acids is 3. The number of benzene rings is 2. The molecule has 1 amide bonds. The van der Waals surface area contributed by atoms with Crippen LogP contribution in [0.3, 0.4) is 0 Å². The van der Waals surface area contributed by atoms with Crippen LogP contribution in [0.2, 0.25) is 0 Å². The molecule has 2 aromatic carbocycles. The number of likely N-dealkylation sites (tertiary alicyclic amines) is 1. The highest BCUT2D eigenvalue weighted by atomic mass is 79.9. The molecule has 0 saturated carbocycles. The summed E-state index contributed by atoms with van der Waals surface area (Å²) in [5.41, 5.74) is -0.518. The minimum absolute atomic E-state index is 0.0121. The van der Waals surface area contributed by atoms with E-state index in [4.69, 9.17) is 18.9 Å². The quantitative estimate of drug-likeness (QED) is 0.362. The Kier molecular flexibility index (Phi) is 6.60. The predicted octanol–water partition coefficient (Wildman–Crippen LogP) is 5.05. The van der Waals surface area contributed by atoms with Gasteiger partial charge in [0.15, 0.2) is 18.2 Å². The van der Waals surface area contributed by atoms with Gasteiger partial charge in [0.05, 0.1) is 19.8 Å². The molecule has 0 aromatic heterocycles. The number of hydrogen-bond donors (Lipinski definition) is 0. The van der Waals surface area contributed by atoms with E-state index in [0.29, 0.717) is 28.8 Å². The Labute approximate surface area is 226 Å². The fraction of sp³-hybridized carbons (Fsp3) is 0.444. The zero-order valence-electron chi connectivity index (χ0n) is 21.0. The number of hydrogen-bond acceptors (Lipinski definition) is 7. The molecule has 0 N–H and O–H groups in total. The minimum Gasteiger partial charge on any atom is -0.456 e. The van der Waals surface area contributed by atoms with Gasteiger partial charge in [0, 0.05) is 27.6 Å². The van der Waals surface area contributed by atoms with Crippen LogP contribution in [0.25, 0.3) is 11.1 Å². The van der Waals surface area contributed by atoms with Crippen LogP contribution < -0.4 is 0 Å². The molecule has 2 aromatic rings. The van der Waals surface area contributed by atoms with Gasteiger partial charge in [-0.25, -0.2) is 9.59 Å². The summed E-state index contributed by atoms with van der Waals surface area (Å²) < 4.78 is 52.9. The first-order valence-corrected chi connectivity index (χ1v) is 12.9. The molecule has 202 valence electrons. The molecule has 2 heterocycles. The van der Waals surface area contributed by atoms with Gasteiger partial charge in [-0.1, -0.05) is 34.1 Å². The highest BCUT2D eigenvalue weighted by Crippen LogP contribution is 2.51. The first-order valence-electron chi connectivity index (χ1n) is 12.1. The van der Waals surface area contributed by atoms with E-state index in [1.807, 2.05) is 0 Å². The molecule has 3 aliphatic rings. The standard InChI is InChI=1S/C27H26BrF2NO7/c1-25(2,3)38-24(34)31-14-26(36-8-9-37-26)12-21(31)23(33)35-13-22(32)15-4-6-17-18-7-5-16(28)11-20(18)27(29,30)19(17)10-15/h4-7,10-11,21H,8-9,12-14H2,1-3H3. The highest BCUT2D eigenvalue weighted by Gasteiger charge is 2.54. The van der Waals surface area contributed by atoms with E-state index in [0.717, 1.165) is 6.07 Å². The highest BCUT2D eigenvalue weighted by molar-refractivity contribution is 9.10. The van der Waals surface area contributed by atoms with Gasteiger partial charge in [0.2, 0.25) is 0 Å². The van der Waals surface area contributed by atoms with Crippen LogP contribution in [0.1, 0.15) is 48.7 Å². The van der Waals surface area contributed by atoms with Crippen LogP contribution in [0, 0.1) is 0 Å². The molecule has 1 atom stereocenters. The summed E-state index contributed by atoms with van der Waals surface area (Å²) >= 11 is 3.22. The van der Waals surface area contributed by atoms with Crippen LogP contribution in [0.15, 0.2) is 40.9 Å². The van der Waals surface area contributed by atoms with E-state index >= 15 is 8.78 Å². The second-order valence-electron chi connectivity index (χ2n) is 10.5. The molecule has 1 spiro atoms. The van der Waals surface area contributed by atoms with Gasteiger partial charge in [-0.2, -0.15) is 8.78 Å². The van der Waals surface area contributed by atoms with Gasteiger partial charge in [-0.3, -0.25) is 9.69 Å². The van der Waals surface area contributed by atoms with Crippen molar-refractivity contribution in [3.05, 3.63) is 57.6 Å². The lowest BCUT2D eigenvalue weighted by atomic mass is 10.0. The molecule has 8 nitrogen and oxygen atoms in total. The average molecular weight is 594 g/mol. The predicted molar refractivity (Wildman–Crippen MR) is 134 cm³/mol. The third kappa shape index (κ3) is 4.83. The second-order valence-corrected chi connectivity index (χ2v) is 11.4. The Morgan fingerprint density at radius 3 is 2.34 bits per heavy atom.